The maximum Gasteiger partial charge on any atom is 0.472 e. The van der Waals surface area contributed by atoms with Crippen LogP contribution in [0.1, 0.15) is 194 Å². The lowest BCUT2D eigenvalue weighted by molar-refractivity contribution is -0.161. The Morgan fingerprint density at radius 3 is 1.41 bits per heavy atom. The third kappa shape index (κ3) is 36.9. The summed E-state index contributed by atoms with van der Waals surface area (Å²) in [6, 6.07) is -1.52. The van der Waals surface area contributed by atoms with Crippen molar-refractivity contribution in [2.45, 2.75) is 206 Å². The summed E-state index contributed by atoms with van der Waals surface area (Å²) < 4.78 is 32.6. The van der Waals surface area contributed by atoms with Gasteiger partial charge >= 0.3 is 25.7 Å². The minimum Gasteiger partial charge on any atom is -0.480 e. The van der Waals surface area contributed by atoms with Crippen LogP contribution < -0.4 is 5.73 Å². The fraction of sp³-hybridized carbons (Fsp3) is 0.833. The van der Waals surface area contributed by atoms with Crippen LogP contribution in [-0.4, -0.2) is 59.9 Å². The lowest BCUT2D eigenvalue weighted by atomic mass is 10.1. The zero-order valence-corrected chi connectivity index (χ0v) is 35.0. The Kier molecular flexibility index (Phi) is 36.4. The van der Waals surface area contributed by atoms with Gasteiger partial charge in [0.15, 0.2) is 6.10 Å². The summed E-state index contributed by atoms with van der Waals surface area (Å²) in [5.41, 5.74) is 5.32. The predicted octanol–water partition coefficient (Wildman–Crippen LogP) is 11.1. The average molecular weight is 788 g/mol. The van der Waals surface area contributed by atoms with E-state index in [0.717, 1.165) is 57.8 Å². The molecule has 0 aromatic rings. The molecule has 0 aliphatic carbocycles. The highest BCUT2D eigenvalue weighted by Crippen LogP contribution is 2.43. The van der Waals surface area contributed by atoms with Crippen LogP contribution in [0.15, 0.2) is 24.3 Å². The summed E-state index contributed by atoms with van der Waals surface area (Å²) in [5, 5.41) is 8.87. The lowest BCUT2D eigenvalue weighted by Crippen LogP contribution is -2.34. The van der Waals surface area contributed by atoms with Crippen LogP contribution in [0, 0.1) is 0 Å². The van der Waals surface area contributed by atoms with E-state index in [-0.39, 0.29) is 19.4 Å². The van der Waals surface area contributed by atoms with E-state index in [2.05, 4.69) is 42.7 Å². The van der Waals surface area contributed by atoms with E-state index in [1.807, 2.05) is 0 Å². The molecule has 11 nitrogen and oxygen atoms in total. The molecule has 12 heteroatoms. The van der Waals surface area contributed by atoms with E-state index >= 15 is 0 Å². The van der Waals surface area contributed by atoms with Crippen LogP contribution in [0.25, 0.3) is 0 Å². The zero-order valence-electron chi connectivity index (χ0n) is 34.1. The Bertz CT molecular complexity index is 1020. The summed E-state index contributed by atoms with van der Waals surface area (Å²) >= 11 is 0. The molecule has 0 saturated heterocycles. The van der Waals surface area contributed by atoms with Crippen LogP contribution >= 0.6 is 7.82 Å². The van der Waals surface area contributed by atoms with Gasteiger partial charge in [0.25, 0.3) is 0 Å². The smallest absolute Gasteiger partial charge is 0.472 e. The van der Waals surface area contributed by atoms with Crippen molar-refractivity contribution in [2.75, 3.05) is 19.8 Å². The number of phosphoric ester groups is 1. The van der Waals surface area contributed by atoms with E-state index in [1.54, 1.807) is 0 Å². The largest absolute Gasteiger partial charge is 0.480 e. The van der Waals surface area contributed by atoms with E-state index in [0.29, 0.717) is 12.8 Å². The van der Waals surface area contributed by atoms with Crippen molar-refractivity contribution in [3.8, 4) is 0 Å². The van der Waals surface area contributed by atoms with Crippen LogP contribution in [0.5, 0.6) is 0 Å². The number of allylic oxidation sites excluding steroid dienone is 4. The molecule has 0 aliphatic heterocycles. The van der Waals surface area contributed by atoms with Crippen molar-refractivity contribution < 1.29 is 47.5 Å². The van der Waals surface area contributed by atoms with Gasteiger partial charge in [-0.1, -0.05) is 147 Å². The van der Waals surface area contributed by atoms with Crippen molar-refractivity contribution in [1.29, 1.82) is 0 Å². The van der Waals surface area contributed by atoms with Crippen molar-refractivity contribution in [1.82, 2.24) is 0 Å². The van der Waals surface area contributed by atoms with Gasteiger partial charge < -0.3 is 25.2 Å². The first-order chi connectivity index (χ1) is 26.1. The second-order valence-corrected chi connectivity index (χ2v) is 15.9. The van der Waals surface area contributed by atoms with Crippen LogP contribution in [0.4, 0.5) is 0 Å². The summed E-state index contributed by atoms with van der Waals surface area (Å²) in [6.45, 7) is 2.75. The summed E-state index contributed by atoms with van der Waals surface area (Å²) in [7, 11) is -4.71. The number of unbranched alkanes of at least 4 members (excludes halogenated alkanes) is 22. The number of carboxylic acid groups (broad SMARTS) is 1. The van der Waals surface area contributed by atoms with Gasteiger partial charge in [-0.3, -0.25) is 23.4 Å². The van der Waals surface area contributed by atoms with Gasteiger partial charge in [-0.2, -0.15) is 0 Å². The molecule has 316 valence electrons. The van der Waals surface area contributed by atoms with Gasteiger partial charge in [-0.25, -0.2) is 4.57 Å². The first-order valence-corrected chi connectivity index (χ1v) is 22.9. The van der Waals surface area contributed by atoms with E-state index in [1.165, 1.54) is 96.3 Å². The zero-order chi connectivity index (χ0) is 40.0. The highest BCUT2D eigenvalue weighted by Gasteiger charge is 2.28. The molecule has 0 amide bonds. The second-order valence-electron chi connectivity index (χ2n) is 14.5. The number of ether oxygens (including phenoxy) is 2. The number of hydrogen-bond acceptors (Lipinski definition) is 9. The van der Waals surface area contributed by atoms with Gasteiger partial charge in [-0.05, 0) is 57.8 Å². The average Bonchev–Trinajstić information content (AvgIpc) is 3.14. The quantitative estimate of drug-likeness (QED) is 0.0233. The Labute approximate surface area is 328 Å². The molecule has 0 aliphatic rings. The highest BCUT2D eigenvalue weighted by atomic mass is 31.2. The maximum atomic E-state index is 12.6. The number of carbonyl (C=O) groups excluding carboxylic acids is 2. The van der Waals surface area contributed by atoms with Gasteiger partial charge in [0, 0.05) is 12.8 Å². The number of phosphoric acid groups is 1. The molecule has 0 aromatic carbocycles. The number of aliphatic carboxylic acids is 1. The normalized spacial score (nSPS) is 14.0. The third-order valence-electron chi connectivity index (χ3n) is 9.17. The fourth-order valence-electron chi connectivity index (χ4n) is 5.75. The monoisotopic (exact) mass is 788 g/mol. The number of hydrogen-bond donors (Lipinski definition) is 3. The van der Waals surface area contributed by atoms with Crippen LogP contribution in [0.3, 0.4) is 0 Å². The first-order valence-electron chi connectivity index (χ1n) is 21.4. The molecule has 0 radical (unpaired) electrons. The SMILES string of the molecule is CCCC/C=C/CCCCCCCC(=O)OC[C@@H](COP(=O)(O)OC[C@H](N)C(=O)O)OC(=O)CCCCCCCCCCC/C=C/CCCCCCCC. The van der Waals surface area contributed by atoms with Crippen molar-refractivity contribution >= 4 is 25.7 Å². The molecule has 0 aromatic heterocycles. The molecule has 0 heterocycles. The van der Waals surface area contributed by atoms with Crippen molar-refractivity contribution in [3.63, 3.8) is 0 Å². The standard InChI is InChI=1S/C42H78NO10P/c1-3-5-7-9-11-13-15-16-17-18-19-20-21-22-24-26-28-30-32-34-41(45)53-38(36-51-54(48,49)52-37-39(43)42(46)47)35-50-40(44)33-31-29-27-25-23-14-12-10-8-6-4-2/h10,12,16-17,38-39H,3-9,11,13-15,18-37,43H2,1-2H3,(H,46,47)(H,48,49)/b12-10+,17-16+/t38-,39-/m0/s1. The molecule has 0 rings (SSSR count). The molecule has 0 bridgehead atoms. The second kappa shape index (κ2) is 37.9. The summed E-state index contributed by atoms with van der Waals surface area (Å²) in [5.74, 6) is -2.39. The van der Waals surface area contributed by atoms with E-state index in [9.17, 15) is 23.8 Å². The lowest BCUT2D eigenvalue weighted by Gasteiger charge is -2.20. The molecule has 0 saturated carbocycles. The van der Waals surface area contributed by atoms with Gasteiger partial charge in [-0.15, -0.1) is 0 Å². The molecule has 0 fully saturated rings. The van der Waals surface area contributed by atoms with Crippen molar-refractivity contribution in [3.05, 3.63) is 24.3 Å². The van der Waals surface area contributed by atoms with Gasteiger partial charge in [0.05, 0.1) is 13.2 Å². The molecular formula is C42H78NO10P. The minimum atomic E-state index is -4.71. The number of rotatable bonds is 40. The Morgan fingerprint density at radius 2 is 0.944 bits per heavy atom. The number of esters is 2. The van der Waals surface area contributed by atoms with Crippen LogP contribution in [-0.2, 0) is 37.5 Å². The Morgan fingerprint density at radius 1 is 0.556 bits per heavy atom. The number of carboxylic acids is 1. The Hall–Kier alpha value is -2.04. The van der Waals surface area contributed by atoms with Crippen molar-refractivity contribution in [2.24, 2.45) is 5.73 Å². The molecule has 54 heavy (non-hydrogen) atoms. The summed E-state index contributed by atoms with van der Waals surface area (Å²) in [6.07, 6.45) is 38.2. The first kappa shape index (κ1) is 52.0. The topological polar surface area (TPSA) is 172 Å². The molecule has 0 spiro atoms. The van der Waals surface area contributed by atoms with Gasteiger partial charge in [0.2, 0.25) is 0 Å². The fourth-order valence-corrected chi connectivity index (χ4v) is 6.52. The molecule has 3 atom stereocenters. The maximum absolute atomic E-state index is 12.6. The number of nitrogens with two attached hydrogens (primary N) is 1. The van der Waals surface area contributed by atoms with Gasteiger partial charge in [0.1, 0.15) is 12.6 Å². The van der Waals surface area contributed by atoms with E-state index in [4.69, 9.17) is 24.8 Å². The number of carbonyl (C=O) groups is 3. The Balaban J connectivity index is 4.32. The van der Waals surface area contributed by atoms with E-state index < -0.39 is 51.1 Å². The third-order valence-corrected chi connectivity index (χ3v) is 10.1. The molecule has 4 N–H and O–H groups in total. The highest BCUT2D eigenvalue weighted by molar-refractivity contribution is 7.47. The molecule has 1 unspecified atom stereocenters. The predicted molar refractivity (Wildman–Crippen MR) is 217 cm³/mol. The minimum absolute atomic E-state index is 0.159. The summed E-state index contributed by atoms with van der Waals surface area (Å²) in [4.78, 5) is 45.8. The molecular weight excluding hydrogens is 709 g/mol. The van der Waals surface area contributed by atoms with Crippen LogP contribution in [0.2, 0.25) is 0 Å².